The zero-order valence-electron chi connectivity index (χ0n) is 9.53. The van der Waals surface area contributed by atoms with Gasteiger partial charge in [-0.15, -0.1) is 0 Å². The highest BCUT2D eigenvalue weighted by Gasteiger charge is 1.84. The fraction of sp³-hybridized carbons (Fsp3) is 0.500. The number of carbonyl (C=O) groups is 1. The maximum Gasteiger partial charge on any atom is 0.119 e. The number of unbranched alkanes of at least 4 members (excludes halogenated alkanes) is 5. The molecule has 0 fully saturated rings. The lowest BCUT2D eigenvalue weighted by Crippen LogP contribution is -1.76. The van der Waals surface area contributed by atoms with Crippen LogP contribution in [0.5, 0.6) is 0 Å². The first kappa shape index (κ1) is 13.9. The van der Waals surface area contributed by atoms with E-state index in [1.807, 2.05) is 12.2 Å². The van der Waals surface area contributed by atoms with E-state index in [2.05, 4.69) is 24.8 Å². The molecule has 0 rings (SSSR count). The molecule has 0 saturated carbocycles. The van der Waals surface area contributed by atoms with Crippen LogP contribution in [0.15, 0.2) is 37.0 Å². The molecule has 0 spiro atoms. The summed E-state index contributed by atoms with van der Waals surface area (Å²) in [6.07, 6.45) is 18.8. The van der Waals surface area contributed by atoms with Gasteiger partial charge in [-0.25, -0.2) is 0 Å². The number of hydrogen-bond donors (Lipinski definition) is 0. The van der Waals surface area contributed by atoms with Gasteiger partial charge in [0.1, 0.15) is 6.29 Å². The molecule has 0 aliphatic carbocycles. The zero-order chi connectivity index (χ0) is 11.2. The molecule has 0 N–H and O–H groups in total. The highest BCUT2D eigenvalue weighted by atomic mass is 16.1. The lowest BCUT2D eigenvalue weighted by Gasteiger charge is -1.92. The van der Waals surface area contributed by atoms with Crippen molar-refractivity contribution in [2.75, 3.05) is 0 Å². The standard InChI is InChI=1S/C14H22O/c1-2-3-4-5-6-7-8-9-10-11-12-13-14-15/h2-4,8-9,14H,1,5-7,10-13H2/b4-3+,9-8+. The SMILES string of the molecule is C=C/C=C/CCC/C=C/CCCCC=O. The van der Waals surface area contributed by atoms with Crippen molar-refractivity contribution in [1.82, 2.24) is 0 Å². The summed E-state index contributed by atoms with van der Waals surface area (Å²) < 4.78 is 0. The summed E-state index contributed by atoms with van der Waals surface area (Å²) in [5, 5.41) is 0. The number of rotatable bonds is 10. The van der Waals surface area contributed by atoms with Crippen LogP contribution in [0.1, 0.15) is 44.9 Å². The lowest BCUT2D eigenvalue weighted by molar-refractivity contribution is -0.107. The molecule has 0 aromatic heterocycles. The molecule has 0 aromatic carbocycles. The first-order valence-electron chi connectivity index (χ1n) is 5.78. The van der Waals surface area contributed by atoms with Gasteiger partial charge in [0.25, 0.3) is 0 Å². The second-order valence-electron chi connectivity index (χ2n) is 3.52. The van der Waals surface area contributed by atoms with Crippen molar-refractivity contribution in [1.29, 1.82) is 0 Å². The van der Waals surface area contributed by atoms with Crippen molar-refractivity contribution < 1.29 is 4.79 Å². The Hall–Kier alpha value is -1.11. The molecule has 0 heterocycles. The molecule has 1 heteroatoms. The molecule has 0 atom stereocenters. The van der Waals surface area contributed by atoms with Gasteiger partial charge in [-0.3, -0.25) is 0 Å². The van der Waals surface area contributed by atoms with Crippen LogP contribution in [-0.4, -0.2) is 6.29 Å². The summed E-state index contributed by atoms with van der Waals surface area (Å²) in [7, 11) is 0. The third kappa shape index (κ3) is 12.9. The fourth-order valence-electron chi connectivity index (χ4n) is 1.27. The van der Waals surface area contributed by atoms with Crippen LogP contribution in [0, 0.1) is 0 Å². The van der Waals surface area contributed by atoms with Gasteiger partial charge in [-0.2, -0.15) is 0 Å². The topological polar surface area (TPSA) is 17.1 Å². The van der Waals surface area contributed by atoms with Crippen molar-refractivity contribution in [2.24, 2.45) is 0 Å². The molecule has 0 radical (unpaired) electrons. The number of carbonyl (C=O) groups excluding carboxylic acids is 1. The van der Waals surface area contributed by atoms with Gasteiger partial charge in [0.15, 0.2) is 0 Å². The zero-order valence-corrected chi connectivity index (χ0v) is 9.53. The largest absolute Gasteiger partial charge is 0.303 e. The summed E-state index contributed by atoms with van der Waals surface area (Å²) in [5.74, 6) is 0. The summed E-state index contributed by atoms with van der Waals surface area (Å²) in [5.41, 5.74) is 0. The van der Waals surface area contributed by atoms with Crippen molar-refractivity contribution in [3.05, 3.63) is 37.0 Å². The van der Waals surface area contributed by atoms with Crippen LogP contribution in [0.4, 0.5) is 0 Å². The summed E-state index contributed by atoms with van der Waals surface area (Å²) in [6, 6.07) is 0. The van der Waals surface area contributed by atoms with Crippen LogP contribution in [-0.2, 0) is 4.79 Å². The average Bonchev–Trinajstić information content (AvgIpc) is 2.26. The molecule has 0 aliphatic rings. The van der Waals surface area contributed by atoms with Crippen molar-refractivity contribution >= 4 is 6.29 Å². The van der Waals surface area contributed by atoms with Crippen LogP contribution >= 0.6 is 0 Å². The van der Waals surface area contributed by atoms with Gasteiger partial charge in [0, 0.05) is 6.42 Å². The first-order chi connectivity index (χ1) is 7.41. The number of allylic oxidation sites excluding steroid dienone is 5. The Bertz CT molecular complexity index is 201. The van der Waals surface area contributed by atoms with Crippen molar-refractivity contribution in [3.63, 3.8) is 0 Å². The van der Waals surface area contributed by atoms with Crippen LogP contribution in [0.3, 0.4) is 0 Å². The minimum atomic E-state index is 0.709. The minimum absolute atomic E-state index is 0.709. The molecular formula is C14H22O. The van der Waals surface area contributed by atoms with E-state index >= 15 is 0 Å². The predicted octanol–water partition coefficient (Wildman–Crippen LogP) is 4.21. The first-order valence-corrected chi connectivity index (χ1v) is 5.78. The summed E-state index contributed by atoms with van der Waals surface area (Å²) in [4.78, 5) is 10.0. The number of aldehydes is 1. The molecule has 15 heavy (non-hydrogen) atoms. The highest BCUT2D eigenvalue weighted by molar-refractivity contribution is 5.48. The lowest BCUT2D eigenvalue weighted by atomic mass is 10.1. The minimum Gasteiger partial charge on any atom is -0.303 e. The summed E-state index contributed by atoms with van der Waals surface area (Å²) >= 11 is 0. The Morgan fingerprint density at radius 3 is 2.07 bits per heavy atom. The molecule has 84 valence electrons. The van der Waals surface area contributed by atoms with Crippen LogP contribution < -0.4 is 0 Å². The second kappa shape index (κ2) is 12.9. The fourth-order valence-corrected chi connectivity index (χ4v) is 1.27. The maximum absolute atomic E-state index is 10.0. The van der Waals surface area contributed by atoms with Gasteiger partial charge < -0.3 is 4.79 Å². The Morgan fingerprint density at radius 2 is 1.40 bits per heavy atom. The van der Waals surface area contributed by atoms with E-state index in [1.54, 1.807) is 0 Å². The van der Waals surface area contributed by atoms with Crippen molar-refractivity contribution in [2.45, 2.75) is 44.9 Å². The van der Waals surface area contributed by atoms with Gasteiger partial charge in [-0.05, 0) is 38.5 Å². The quantitative estimate of drug-likeness (QED) is 0.226. The Balaban J connectivity index is 3.13. The third-order valence-electron chi connectivity index (χ3n) is 2.12. The maximum atomic E-state index is 10.0. The van der Waals surface area contributed by atoms with E-state index in [-0.39, 0.29) is 0 Å². The van der Waals surface area contributed by atoms with Crippen LogP contribution in [0.25, 0.3) is 0 Å². The molecule has 0 aromatic rings. The molecule has 1 nitrogen and oxygen atoms in total. The highest BCUT2D eigenvalue weighted by Crippen LogP contribution is 2.02. The van der Waals surface area contributed by atoms with E-state index in [9.17, 15) is 4.79 Å². The van der Waals surface area contributed by atoms with Crippen LogP contribution in [0.2, 0.25) is 0 Å². The van der Waals surface area contributed by atoms with E-state index in [0.717, 1.165) is 38.4 Å². The van der Waals surface area contributed by atoms with E-state index in [4.69, 9.17) is 0 Å². The molecular weight excluding hydrogens is 184 g/mol. The smallest absolute Gasteiger partial charge is 0.119 e. The van der Waals surface area contributed by atoms with Gasteiger partial charge in [0.05, 0.1) is 0 Å². The number of hydrogen-bond acceptors (Lipinski definition) is 1. The van der Waals surface area contributed by atoms with E-state index < -0.39 is 0 Å². The van der Waals surface area contributed by atoms with E-state index in [1.165, 1.54) is 6.42 Å². The Kier molecular flexibility index (Phi) is 11.9. The van der Waals surface area contributed by atoms with Gasteiger partial charge in [-0.1, -0.05) is 37.0 Å². The monoisotopic (exact) mass is 206 g/mol. The molecule has 0 amide bonds. The Morgan fingerprint density at radius 1 is 0.800 bits per heavy atom. The van der Waals surface area contributed by atoms with E-state index in [0.29, 0.717) is 6.42 Å². The molecule has 0 unspecified atom stereocenters. The summed E-state index contributed by atoms with van der Waals surface area (Å²) in [6.45, 7) is 3.62. The molecule has 0 saturated heterocycles. The second-order valence-corrected chi connectivity index (χ2v) is 3.52. The molecule has 0 aliphatic heterocycles. The van der Waals surface area contributed by atoms with Gasteiger partial charge >= 0.3 is 0 Å². The normalized spacial score (nSPS) is 11.2. The average molecular weight is 206 g/mol. The van der Waals surface area contributed by atoms with Gasteiger partial charge in [0.2, 0.25) is 0 Å². The van der Waals surface area contributed by atoms with Crippen molar-refractivity contribution in [3.8, 4) is 0 Å². The Labute approximate surface area is 93.6 Å². The predicted molar refractivity (Wildman–Crippen MR) is 66.9 cm³/mol. The molecule has 0 bridgehead atoms. The third-order valence-corrected chi connectivity index (χ3v) is 2.12.